The molecule has 2 fully saturated rings. The first-order valence-electron chi connectivity index (χ1n) is 7.95. The molecule has 21 heavy (non-hydrogen) atoms. The summed E-state index contributed by atoms with van der Waals surface area (Å²) in [6.07, 6.45) is 7.22. The van der Waals surface area contributed by atoms with E-state index in [1.807, 2.05) is 24.3 Å². The molecule has 0 heterocycles. The van der Waals surface area contributed by atoms with E-state index in [-0.39, 0.29) is 5.91 Å². The van der Waals surface area contributed by atoms with Crippen LogP contribution in [0.1, 0.15) is 48.9 Å². The number of anilines is 1. The second-order valence-corrected chi connectivity index (χ2v) is 6.19. The van der Waals surface area contributed by atoms with Gasteiger partial charge in [0.2, 0.25) is 0 Å². The lowest BCUT2D eigenvalue weighted by Gasteiger charge is -2.29. The highest BCUT2D eigenvalue weighted by molar-refractivity contribution is 5.94. The highest BCUT2D eigenvalue weighted by Crippen LogP contribution is 2.24. The van der Waals surface area contributed by atoms with Crippen molar-refractivity contribution in [3.63, 3.8) is 0 Å². The first-order chi connectivity index (χ1) is 10.2. The second kappa shape index (κ2) is 6.48. The van der Waals surface area contributed by atoms with Crippen LogP contribution in [-0.4, -0.2) is 31.2 Å². The van der Waals surface area contributed by atoms with Gasteiger partial charge in [-0.3, -0.25) is 4.79 Å². The fourth-order valence-corrected chi connectivity index (χ4v) is 2.94. The largest absolute Gasteiger partial charge is 0.382 e. The van der Waals surface area contributed by atoms with Crippen LogP contribution in [0, 0.1) is 0 Å². The lowest BCUT2D eigenvalue weighted by Crippen LogP contribution is -2.31. The van der Waals surface area contributed by atoms with Crippen LogP contribution >= 0.6 is 0 Å². The monoisotopic (exact) mass is 288 g/mol. The van der Waals surface area contributed by atoms with E-state index < -0.39 is 0 Å². The molecular formula is C17H24N2O2. The van der Waals surface area contributed by atoms with Crippen molar-refractivity contribution in [3.8, 4) is 0 Å². The molecule has 4 nitrogen and oxygen atoms in total. The van der Waals surface area contributed by atoms with Gasteiger partial charge in [-0.15, -0.1) is 0 Å². The van der Waals surface area contributed by atoms with Gasteiger partial charge < -0.3 is 15.4 Å². The average molecular weight is 288 g/mol. The molecule has 2 unspecified atom stereocenters. The Bertz CT molecular complexity index is 482. The smallest absolute Gasteiger partial charge is 0.251 e. The minimum Gasteiger partial charge on any atom is -0.382 e. The van der Waals surface area contributed by atoms with Crippen molar-refractivity contribution in [2.45, 2.75) is 56.7 Å². The summed E-state index contributed by atoms with van der Waals surface area (Å²) in [5, 5.41) is 6.56. The Balaban J connectivity index is 1.55. The molecule has 1 aromatic rings. The van der Waals surface area contributed by atoms with Crippen molar-refractivity contribution in [1.29, 1.82) is 0 Å². The summed E-state index contributed by atoms with van der Waals surface area (Å²) in [6, 6.07) is 8.67. The van der Waals surface area contributed by atoms with E-state index in [1.54, 1.807) is 7.11 Å². The van der Waals surface area contributed by atoms with Gasteiger partial charge in [-0.2, -0.15) is 0 Å². The van der Waals surface area contributed by atoms with E-state index in [0.29, 0.717) is 18.2 Å². The van der Waals surface area contributed by atoms with Crippen LogP contribution in [-0.2, 0) is 4.74 Å². The summed E-state index contributed by atoms with van der Waals surface area (Å²) in [4.78, 5) is 11.9. The summed E-state index contributed by atoms with van der Waals surface area (Å²) in [7, 11) is 1.79. The van der Waals surface area contributed by atoms with Gasteiger partial charge in [0.15, 0.2) is 0 Å². The molecule has 3 rings (SSSR count). The molecule has 2 atom stereocenters. The molecule has 0 bridgehead atoms. The van der Waals surface area contributed by atoms with Crippen molar-refractivity contribution in [2.24, 2.45) is 0 Å². The minimum absolute atomic E-state index is 0.0427. The summed E-state index contributed by atoms with van der Waals surface area (Å²) >= 11 is 0. The first kappa shape index (κ1) is 14.4. The lowest BCUT2D eigenvalue weighted by atomic mass is 9.92. The van der Waals surface area contributed by atoms with Crippen LogP contribution in [0.15, 0.2) is 24.3 Å². The van der Waals surface area contributed by atoms with E-state index in [0.717, 1.165) is 36.9 Å². The van der Waals surface area contributed by atoms with Gasteiger partial charge in [0.1, 0.15) is 0 Å². The number of carbonyl (C=O) groups excluding carboxylic acids is 1. The van der Waals surface area contributed by atoms with Gasteiger partial charge in [0, 0.05) is 30.4 Å². The van der Waals surface area contributed by atoms with Crippen LogP contribution in [0.2, 0.25) is 0 Å². The molecule has 0 aromatic heterocycles. The highest BCUT2D eigenvalue weighted by Gasteiger charge is 2.24. The Labute approximate surface area is 126 Å². The molecule has 0 radical (unpaired) electrons. The van der Waals surface area contributed by atoms with Crippen molar-refractivity contribution in [2.75, 3.05) is 12.4 Å². The fraction of sp³-hybridized carbons (Fsp3) is 0.588. The third kappa shape index (κ3) is 3.97. The Morgan fingerprint density at radius 3 is 2.52 bits per heavy atom. The van der Waals surface area contributed by atoms with Gasteiger partial charge in [-0.1, -0.05) is 0 Å². The Morgan fingerprint density at radius 2 is 1.86 bits per heavy atom. The fourth-order valence-electron chi connectivity index (χ4n) is 2.94. The molecule has 2 aliphatic rings. The minimum atomic E-state index is 0.0427. The predicted molar refractivity (Wildman–Crippen MR) is 83.6 cm³/mol. The van der Waals surface area contributed by atoms with E-state index in [4.69, 9.17) is 4.74 Å². The van der Waals surface area contributed by atoms with Gasteiger partial charge >= 0.3 is 0 Å². The number of rotatable bonds is 5. The molecule has 0 aliphatic heterocycles. The zero-order chi connectivity index (χ0) is 14.7. The molecule has 2 N–H and O–H groups in total. The van der Waals surface area contributed by atoms with Gasteiger partial charge in [0.05, 0.1) is 6.10 Å². The number of hydrogen-bond acceptors (Lipinski definition) is 3. The highest BCUT2D eigenvalue weighted by atomic mass is 16.5. The number of nitrogens with one attached hydrogen (secondary N) is 2. The maximum Gasteiger partial charge on any atom is 0.251 e. The molecule has 114 valence electrons. The summed E-state index contributed by atoms with van der Waals surface area (Å²) in [6.45, 7) is 0. The van der Waals surface area contributed by atoms with Gasteiger partial charge in [-0.05, 0) is 62.8 Å². The van der Waals surface area contributed by atoms with Crippen LogP contribution in [0.5, 0.6) is 0 Å². The topological polar surface area (TPSA) is 50.4 Å². The molecular weight excluding hydrogens is 264 g/mol. The Hall–Kier alpha value is -1.55. The molecule has 1 aromatic carbocycles. The van der Waals surface area contributed by atoms with E-state index in [1.165, 1.54) is 12.8 Å². The third-order valence-electron chi connectivity index (χ3n) is 4.39. The molecule has 2 aliphatic carbocycles. The van der Waals surface area contributed by atoms with Crippen molar-refractivity contribution in [3.05, 3.63) is 29.8 Å². The number of amides is 1. The molecule has 4 heteroatoms. The van der Waals surface area contributed by atoms with Crippen LogP contribution in [0.4, 0.5) is 5.69 Å². The van der Waals surface area contributed by atoms with Crippen molar-refractivity contribution in [1.82, 2.24) is 5.32 Å². The Kier molecular flexibility index (Phi) is 4.44. The Morgan fingerprint density at radius 1 is 1.10 bits per heavy atom. The van der Waals surface area contributed by atoms with E-state index >= 15 is 0 Å². The number of ether oxygens (including phenoxy) is 1. The van der Waals surface area contributed by atoms with E-state index in [2.05, 4.69) is 10.6 Å². The number of hydrogen-bond donors (Lipinski definition) is 2. The van der Waals surface area contributed by atoms with E-state index in [9.17, 15) is 4.79 Å². The number of carbonyl (C=O) groups is 1. The van der Waals surface area contributed by atoms with Crippen LogP contribution < -0.4 is 10.6 Å². The number of benzene rings is 1. The van der Waals surface area contributed by atoms with Gasteiger partial charge in [0.25, 0.3) is 5.91 Å². The second-order valence-electron chi connectivity index (χ2n) is 6.19. The zero-order valence-electron chi connectivity index (χ0n) is 12.6. The summed E-state index contributed by atoms with van der Waals surface area (Å²) in [5.41, 5.74) is 1.82. The normalized spacial score (nSPS) is 25.4. The molecule has 0 spiro atoms. The van der Waals surface area contributed by atoms with Gasteiger partial charge in [-0.25, -0.2) is 0 Å². The first-order valence-corrected chi connectivity index (χ1v) is 7.95. The molecule has 2 saturated carbocycles. The SMILES string of the molecule is COC1CCCC(Nc2ccc(C(=O)NC3CC3)cc2)C1. The van der Waals surface area contributed by atoms with Crippen molar-refractivity contribution >= 4 is 11.6 Å². The maximum absolute atomic E-state index is 11.9. The zero-order valence-corrected chi connectivity index (χ0v) is 12.6. The van der Waals surface area contributed by atoms with Crippen molar-refractivity contribution < 1.29 is 9.53 Å². The summed E-state index contributed by atoms with van der Waals surface area (Å²) in [5.74, 6) is 0.0427. The maximum atomic E-state index is 11.9. The quantitative estimate of drug-likeness (QED) is 0.876. The average Bonchev–Trinajstić information content (AvgIpc) is 3.32. The number of methoxy groups -OCH3 is 1. The molecule has 0 saturated heterocycles. The van der Waals surface area contributed by atoms with Crippen LogP contribution in [0.25, 0.3) is 0 Å². The summed E-state index contributed by atoms with van der Waals surface area (Å²) < 4.78 is 5.46. The van der Waals surface area contributed by atoms with Crippen LogP contribution in [0.3, 0.4) is 0 Å². The predicted octanol–water partition coefficient (Wildman–Crippen LogP) is 2.95. The third-order valence-corrected chi connectivity index (χ3v) is 4.39. The lowest BCUT2D eigenvalue weighted by molar-refractivity contribution is 0.0669. The molecule has 1 amide bonds. The standard InChI is InChI=1S/C17H24N2O2/c1-21-16-4-2-3-15(11-16)18-13-7-5-12(6-8-13)17(20)19-14-9-10-14/h5-8,14-16,18H,2-4,9-11H2,1H3,(H,19,20).